The number of nitro groups is 1. The van der Waals surface area contributed by atoms with Crippen LogP contribution < -0.4 is 9.47 Å². The molecule has 0 saturated heterocycles. The molecule has 0 fully saturated rings. The highest BCUT2D eigenvalue weighted by Gasteiger charge is 2.26. The SMILES string of the molecule is COc1cc(/C=C2\N=C(c3ccc(C)c([N+](=O)[O-])c3)OC2=O)cc(Br)c1OCc1cccc(Cl)c1. The van der Waals surface area contributed by atoms with Gasteiger partial charge in [0.2, 0.25) is 5.90 Å². The lowest BCUT2D eigenvalue weighted by Crippen LogP contribution is -2.06. The van der Waals surface area contributed by atoms with Crippen molar-refractivity contribution < 1.29 is 23.9 Å². The molecule has 0 aliphatic carbocycles. The predicted molar refractivity (Wildman–Crippen MR) is 135 cm³/mol. The number of carbonyl (C=O) groups is 1. The standard InChI is InChI=1S/C25H18BrClN2O6/c1-14-6-7-17(12-21(14)29(31)32)24-28-20(25(30)35-24)10-16-9-19(26)23(22(11-16)33-2)34-13-15-4-3-5-18(27)8-15/h3-12H,13H2,1-2H3/b20-10-. The number of carbonyl (C=O) groups excluding carboxylic acids is 1. The Balaban J connectivity index is 1.61. The number of cyclic esters (lactones) is 1. The Kier molecular flexibility index (Phi) is 7.18. The van der Waals surface area contributed by atoms with Gasteiger partial charge in [-0.25, -0.2) is 9.79 Å². The number of hydrogen-bond acceptors (Lipinski definition) is 7. The maximum atomic E-state index is 12.4. The second-order valence-corrected chi connectivity index (χ2v) is 8.84. The van der Waals surface area contributed by atoms with Crippen LogP contribution in [0.3, 0.4) is 0 Å². The van der Waals surface area contributed by atoms with Crippen molar-refractivity contribution in [1.29, 1.82) is 0 Å². The van der Waals surface area contributed by atoms with Crippen molar-refractivity contribution in [1.82, 2.24) is 0 Å². The molecule has 0 N–H and O–H groups in total. The predicted octanol–water partition coefficient (Wildman–Crippen LogP) is 6.25. The number of esters is 1. The van der Waals surface area contributed by atoms with E-state index in [0.29, 0.717) is 37.7 Å². The Labute approximate surface area is 214 Å². The number of aliphatic imine (C=N–C) groups is 1. The maximum Gasteiger partial charge on any atom is 0.363 e. The topological polar surface area (TPSA) is 100 Å². The molecule has 10 heteroatoms. The highest BCUT2D eigenvalue weighted by atomic mass is 79.9. The second kappa shape index (κ2) is 10.3. The van der Waals surface area contributed by atoms with E-state index in [1.54, 1.807) is 37.3 Å². The van der Waals surface area contributed by atoms with E-state index in [1.165, 1.54) is 19.3 Å². The summed E-state index contributed by atoms with van der Waals surface area (Å²) < 4.78 is 17.3. The minimum Gasteiger partial charge on any atom is -0.493 e. The van der Waals surface area contributed by atoms with Crippen LogP contribution >= 0.6 is 27.5 Å². The van der Waals surface area contributed by atoms with Crippen LogP contribution in [0.5, 0.6) is 11.5 Å². The number of hydrogen-bond donors (Lipinski definition) is 0. The summed E-state index contributed by atoms with van der Waals surface area (Å²) in [5.41, 5.74) is 2.29. The molecule has 0 amide bonds. The summed E-state index contributed by atoms with van der Waals surface area (Å²) in [5.74, 6) is 0.259. The lowest BCUT2D eigenvalue weighted by atomic mass is 10.1. The molecule has 35 heavy (non-hydrogen) atoms. The molecule has 0 unspecified atom stereocenters. The van der Waals surface area contributed by atoms with Crippen LogP contribution in [0.4, 0.5) is 5.69 Å². The zero-order valence-corrected chi connectivity index (χ0v) is 20.9. The Bertz CT molecular complexity index is 1400. The number of nitrogens with zero attached hydrogens (tertiary/aromatic N) is 2. The van der Waals surface area contributed by atoms with Crippen molar-refractivity contribution in [2.24, 2.45) is 4.99 Å². The zero-order valence-electron chi connectivity index (χ0n) is 18.6. The quantitative estimate of drug-likeness (QED) is 0.147. The normalized spacial score (nSPS) is 14.0. The second-order valence-electron chi connectivity index (χ2n) is 7.55. The molecule has 178 valence electrons. The largest absolute Gasteiger partial charge is 0.493 e. The fourth-order valence-electron chi connectivity index (χ4n) is 3.38. The van der Waals surface area contributed by atoms with Crippen LogP contribution in [0.25, 0.3) is 6.08 Å². The Morgan fingerprint density at radius 2 is 2.00 bits per heavy atom. The van der Waals surface area contributed by atoms with Crippen molar-refractivity contribution in [2.45, 2.75) is 13.5 Å². The first-order chi connectivity index (χ1) is 16.7. The van der Waals surface area contributed by atoms with E-state index in [1.807, 2.05) is 18.2 Å². The highest BCUT2D eigenvalue weighted by Crippen LogP contribution is 2.38. The van der Waals surface area contributed by atoms with E-state index >= 15 is 0 Å². The number of halogens is 2. The Morgan fingerprint density at radius 1 is 1.20 bits per heavy atom. The van der Waals surface area contributed by atoms with E-state index in [9.17, 15) is 14.9 Å². The van der Waals surface area contributed by atoms with Gasteiger partial charge in [0, 0.05) is 22.2 Å². The van der Waals surface area contributed by atoms with Crippen LogP contribution in [0, 0.1) is 17.0 Å². The third-order valence-electron chi connectivity index (χ3n) is 5.10. The number of methoxy groups -OCH3 is 1. The monoisotopic (exact) mass is 556 g/mol. The molecule has 0 saturated carbocycles. The van der Waals surface area contributed by atoms with Crippen molar-refractivity contribution in [2.75, 3.05) is 7.11 Å². The Morgan fingerprint density at radius 3 is 2.71 bits per heavy atom. The first-order valence-corrected chi connectivity index (χ1v) is 11.4. The number of benzene rings is 3. The molecular weight excluding hydrogens is 540 g/mol. The van der Waals surface area contributed by atoms with Gasteiger partial charge in [0.25, 0.3) is 5.69 Å². The Hall–Kier alpha value is -3.69. The van der Waals surface area contributed by atoms with Crippen molar-refractivity contribution in [3.8, 4) is 11.5 Å². The molecule has 1 aliphatic rings. The van der Waals surface area contributed by atoms with Crippen LogP contribution in [-0.2, 0) is 16.1 Å². The fourth-order valence-corrected chi connectivity index (χ4v) is 4.16. The summed E-state index contributed by atoms with van der Waals surface area (Å²) in [5, 5.41) is 11.8. The maximum absolute atomic E-state index is 12.4. The van der Waals surface area contributed by atoms with Crippen molar-refractivity contribution >= 4 is 51.2 Å². The van der Waals surface area contributed by atoms with Gasteiger partial charge < -0.3 is 14.2 Å². The summed E-state index contributed by atoms with van der Waals surface area (Å²) in [4.78, 5) is 27.4. The first kappa shape index (κ1) is 24.4. The van der Waals surface area contributed by atoms with Gasteiger partial charge in [-0.15, -0.1) is 0 Å². The molecule has 8 nitrogen and oxygen atoms in total. The highest BCUT2D eigenvalue weighted by molar-refractivity contribution is 9.10. The molecule has 0 aromatic heterocycles. The number of aryl methyl sites for hydroxylation is 1. The van der Waals surface area contributed by atoms with E-state index in [4.69, 9.17) is 25.8 Å². The van der Waals surface area contributed by atoms with E-state index < -0.39 is 10.9 Å². The smallest absolute Gasteiger partial charge is 0.363 e. The molecule has 0 radical (unpaired) electrons. The van der Waals surface area contributed by atoms with Crippen molar-refractivity contribution in [3.05, 3.63) is 102 Å². The van der Waals surface area contributed by atoms with Crippen LogP contribution in [0.15, 0.2) is 69.8 Å². The molecule has 0 spiro atoms. The summed E-state index contributed by atoms with van der Waals surface area (Å²) in [6.45, 7) is 1.90. The average molecular weight is 558 g/mol. The number of nitro benzene ring substituents is 1. The lowest BCUT2D eigenvalue weighted by Gasteiger charge is -2.14. The molecule has 4 rings (SSSR count). The average Bonchev–Trinajstić information content (AvgIpc) is 3.18. The fraction of sp³-hybridized carbons (Fsp3) is 0.120. The zero-order chi connectivity index (χ0) is 25.1. The van der Waals surface area contributed by atoms with E-state index in [2.05, 4.69) is 20.9 Å². The third kappa shape index (κ3) is 5.52. The minimum atomic E-state index is -0.667. The van der Waals surface area contributed by atoms with Gasteiger partial charge in [0.15, 0.2) is 17.2 Å². The molecule has 1 aliphatic heterocycles. The minimum absolute atomic E-state index is 0.00291. The first-order valence-electron chi connectivity index (χ1n) is 10.3. The van der Waals surface area contributed by atoms with Gasteiger partial charge in [-0.05, 0) is 70.4 Å². The van der Waals surface area contributed by atoms with Crippen LogP contribution in [0.2, 0.25) is 5.02 Å². The number of rotatable bonds is 7. The van der Waals surface area contributed by atoms with Gasteiger partial charge in [0.1, 0.15) is 6.61 Å². The summed E-state index contributed by atoms with van der Waals surface area (Å²) in [6.07, 6.45) is 1.53. The summed E-state index contributed by atoms with van der Waals surface area (Å²) in [7, 11) is 1.51. The van der Waals surface area contributed by atoms with Crippen molar-refractivity contribution in [3.63, 3.8) is 0 Å². The van der Waals surface area contributed by atoms with Gasteiger partial charge in [-0.3, -0.25) is 10.1 Å². The van der Waals surface area contributed by atoms with E-state index in [-0.39, 0.29) is 23.9 Å². The summed E-state index contributed by atoms with van der Waals surface area (Å²) in [6, 6.07) is 15.3. The lowest BCUT2D eigenvalue weighted by molar-refractivity contribution is -0.385. The van der Waals surface area contributed by atoms with E-state index in [0.717, 1.165) is 5.56 Å². The molecule has 3 aromatic rings. The summed E-state index contributed by atoms with van der Waals surface area (Å²) >= 11 is 9.53. The molecule has 0 bridgehead atoms. The van der Waals surface area contributed by atoms with Crippen LogP contribution in [0.1, 0.15) is 22.3 Å². The molecular formula is C25H18BrClN2O6. The van der Waals surface area contributed by atoms with Gasteiger partial charge in [-0.1, -0.05) is 29.8 Å². The number of ether oxygens (including phenoxy) is 3. The van der Waals surface area contributed by atoms with Gasteiger partial charge in [-0.2, -0.15) is 0 Å². The van der Waals surface area contributed by atoms with Gasteiger partial charge >= 0.3 is 5.97 Å². The molecule has 1 heterocycles. The molecule has 3 aromatic carbocycles. The van der Waals surface area contributed by atoms with Gasteiger partial charge in [0.05, 0.1) is 16.5 Å². The third-order valence-corrected chi connectivity index (χ3v) is 5.92. The van der Waals surface area contributed by atoms with Crippen LogP contribution in [-0.4, -0.2) is 23.9 Å². The molecule has 0 atom stereocenters.